The lowest BCUT2D eigenvalue weighted by atomic mass is 10.2. The fraction of sp³-hybridized carbons (Fsp3) is 0.750. The molecular weight excluding hydrogens is 254 g/mol. The molecular formula is C8H14BrNO4. The Morgan fingerprint density at radius 2 is 1.86 bits per heavy atom. The number of carbonyl (C=O) groups is 2. The van der Waals surface area contributed by atoms with Crippen molar-refractivity contribution < 1.29 is 19.1 Å². The fourth-order valence-corrected chi connectivity index (χ4v) is 0.947. The molecule has 0 bridgehead atoms. The molecule has 0 aliphatic carbocycles. The van der Waals surface area contributed by atoms with Gasteiger partial charge in [-0.2, -0.15) is 0 Å². The highest BCUT2D eigenvalue weighted by Crippen LogP contribution is 2.07. The van der Waals surface area contributed by atoms with E-state index in [-0.39, 0.29) is 0 Å². The summed E-state index contributed by atoms with van der Waals surface area (Å²) in [5.41, 5.74) is -0.590. The molecule has 0 saturated heterocycles. The predicted octanol–water partition coefficient (Wildman–Crippen LogP) is 1.41. The molecule has 0 aromatic rings. The number of ether oxygens (including phenoxy) is 2. The molecule has 1 unspecified atom stereocenters. The molecule has 1 amide bonds. The van der Waals surface area contributed by atoms with Gasteiger partial charge in [-0.3, -0.25) is 5.32 Å². The van der Waals surface area contributed by atoms with Gasteiger partial charge in [-0.25, -0.2) is 9.59 Å². The normalized spacial score (nSPS) is 12.9. The van der Waals surface area contributed by atoms with Crippen molar-refractivity contribution >= 4 is 28.0 Å². The number of alkyl carbamates (subject to hydrolysis) is 1. The van der Waals surface area contributed by atoms with Crippen molar-refractivity contribution in [3.05, 3.63) is 0 Å². The Labute approximate surface area is 91.3 Å². The largest absolute Gasteiger partial charge is 0.467 e. The topological polar surface area (TPSA) is 64.6 Å². The summed E-state index contributed by atoms with van der Waals surface area (Å²) in [6.07, 6.45) is -0.676. The minimum atomic E-state index is -0.887. The van der Waals surface area contributed by atoms with Crippen LogP contribution in [0.2, 0.25) is 0 Å². The minimum absolute atomic E-state index is 0.587. The van der Waals surface area contributed by atoms with Crippen molar-refractivity contribution in [2.45, 2.75) is 31.3 Å². The number of methoxy groups -OCH3 is 1. The van der Waals surface area contributed by atoms with Crippen LogP contribution in [0.25, 0.3) is 0 Å². The number of carbonyl (C=O) groups excluding carboxylic acids is 2. The van der Waals surface area contributed by atoms with Gasteiger partial charge in [-0.05, 0) is 20.8 Å². The molecule has 0 aromatic heterocycles. The number of amides is 1. The van der Waals surface area contributed by atoms with E-state index in [2.05, 4.69) is 26.0 Å². The molecule has 0 fully saturated rings. The molecule has 0 rings (SSSR count). The average Bonchev–Trinajstić information content (AvgIpc) is 1.99. The number of hydrogen-bond acceptors (Lipinski definition) is 4. The molecule has 0 spiro atoms. The lowest BCUT2D eigenvalue weighted by Gasteiger charge is -2.20. The number of alkyl halides is 1. The Hall–Kier alpha value is -0.780. The first-order valence-corrected chi connectivity index (χ1v) is 4.89. The summed E-state index contributed by atoms with van der Waals surface area (Å²) >= 11 is 2.93. The van der Waals surface area contributed by atoms with Crippen LogP contribution in [0.5, 0.6) is 0 Å². The van der Waals surface area contributed by atoms with Gasteiger partial charge < -0.3 is 9.47 Å². The van der Waals surface area contributed by atoms with Crippen LogP contribution in [0.4, 0.5) is 4.79 Å². The van der Waals surface area contributed by atoms with Crippen molar-refractivity contribution in [2.75, 3.05) is 7.11 Å². The van der Waals surface area contributed by atoms with E-state index in [1.54, 1.807) is 20.8 Å². The minimum Gasteiger partial charge on any atom is -0.467 e. The van der Waals surface area contributed by atoms with Crippen LogP contribution >= 0.6 is 15.9 Å². The second kappa shape index (κ2) is 5.19. The first kappa shape index (κ1) is 13.2. The number of nitrogens with one attached hydrogen (secondary N) is 1. The molecule has 6 heteroatoms. The molecule has 0 aliphatic rings. The molecule has 82 valence electrons. The highest BCUT2D eigenvalue weighted by atomic mass is 79.9. The second-order valence-corrected chi connectivity index (χ2v) is 4.45. The van der Waals surface area contributed by atoms with Gasteiger partial charge in [0.15, 0.2) is 4.95 Å². The van der Waals surface area contributed by atoms with Gasteiger partial charge in [0.2, 0.25) is 0 Å². The summed E-state index contributed by atoms with van der Waals surface area (Å²) in [6, 6.07) is 0. The Morgan fingerprint density at radius 3 is 2.21 bits per heavy atom. The van der Waals surface area contributed by atoms with Gasteiger partial charge >= 0.3 is 12.1 Å². The van der Waals surface area contributed by atoms with Gasteiger partial charge in [0, 0.05) is 0 Å². The van der Waals surface area contributed by atoms with Gasteiger partial charge in [0.05, 0.1) is 7.11 Å². The van der Waals surface area contributed by atoms with Gasteiger partial charge in [0.25, 0.3) is 0 Å². The highest BCUT2D eigenvalue weighted by molar-refractivity contribution is 9.10. The van der Waals surface area contributed by atoms with E-state index >= 15 is 0 Å². The fourth-order valence-electron chi connectivity index (χ4n) is 0.573. The van der Waals surface area contributed by atoms with E-state index in [0.29, 0.717) is 0 Å². The summed E-state index contributed by atoms with van der Waals surface area (Å²) in [5.74, 6) is -0.587. The molecule has 0 heterocycles. The quantitative estimate of drug-likeness (QED) is 0.467. The van der Waals surface area contributed by atoms with E-state index in [1.165, 1.54) is 7.11 Å². The summed E-state index contributed by atoms with van der Waals surface area (Å²) < 4.78 is 9.30. The summed E-state index contributed by atoms with van der Waals surface area (Å²) in [7, 11) is 1.23. The Morgan fingerprint density at radius 1 is 1.36 bits per heavy atom. The van der Waals surface area contributed by atoms with Crippen LogP contribution in [0.1, 0.15) is 20.8 Å². The zero-order valence-corrected chi connectivity index (χ0v) is 10.2. The number of hydrogen-bond donors (Lipinski definition) is 1. The molecule has 5 nitrogen and oxygen atoms in total. The van der Waals surface area contributed by atoms with E-state index in [1.807, 2.05) is 0 Å². The molecule has 0 aromatic carbocycles. The van der Waals surface area contributed by atoms with Crippen molar-refractivity contribution in [3.8, 4) is 0 Å². The van der Waals surface area contributed by atoms with Gasteiger partial charge in [-0.15, -0.1) is 0 Å². The molecule has 14 heavy (non-hydrogen) atoms. The molecule has 0 aliphatic heterocycles. The van der Waals surface area contributed by atoms with Gasteiger partial charge in [0.1, 0.15) is 5.60 Å². The Kier molecular flexibility index (Phi) is 4.90. The number of halogens is 1. The molecule has 0 saturated carbocycles. The number of esters is 1. The molecule has 0 radical (unpaired) electrons. The Balaban J connectivity index is 4.01. The highest BCUT2D eigenvalue weighted by Gasteiger charge is 2.22. The van der Waals surface area contributed by atoms with Crippen molar-refractivity contribution in [3.63, 3.8) is 0 Å². The monoisotopic (exact) mass is 267 g/mol. The van der Waals surface area contributed by atoms with Gasteiger partial charge in [-0.1, -0.05) is 15.9 Å². The van der Waals surface area contributed by atoms with Crippen LogP contribution in [-0.4, -0.2) is 29.7 Å². The van der Waals surface area contributed by atoms with E-state index < -0.39 is 22.6 Å². The lowest BCUT2D eigenvalue weighted by molar-refractivity contribution is -0.140. The second-order valence-electron chi connectivity index (χ2n) is 3.53. The summed E-state index contributed by atoms with van der Waals surface area (Å²) in [6.45, 7) is 5.19. The lowest BCUT2D eigenvalue weighted by Crippen LogP contribution is -2.40. The van der Waals surface area contributed by atoms with Crippen molar-refractivity contribution in [2.24, 2.45) is 0 Å². The third kappa shape index (κ3) is 5.80. The van der Waals surface area contributed by atoms with E-state index in [0.717, 1.165) is 0 Å². The van der Waals surface area contributed by atoms with Crippen molar-refractivity contribution in [1.82, 2.24) is 5.32 Å². The van der Waals surface area contributed by atoms with E-state index in [9.17, 15) is 9.59 Å². The summed E-state index contributed by atoms with van der Waals surface area (Å²) in [4.78, 5) is 21.1. The van der Waals surface area contributed by atoms with Crippen LogP contribution in [-0.2, 0) is 14.3 Å². The van der Waals surface area contributed by atoms with Crippen LogP contribution < -0.4 is 5.32 Å². The molecule has 1 atom stereocenters. The first-order valence-electron chi connectivity index (χ1n) is 3.97. The maximum Gasteiger partial charge on any atom is 0.409 e. The smallest absolute Gasteiger partial charge is 0.409 e. The van der Waals surface area contributed by atoms with Crippen LogP contribution in [0.3, 0.4) is 0 Å². The summed E-state index contributed by atoms with van der Waals surface area (Å²) in [5, 5.41) is 2.27. The van der Waals surface area contributed by atoms with Crippen molar-refractivity contribution in [1.29, 1.82) is 0 Å². The maximum absolute atomic E-state index is 11.1. The standard InChI is InChI=1S/C8H14BrNO4/c1-8(2,3)14-7(12)10-5(9)6(11)13-4/h5H,1-4H3,(H,10,12). The van der Waals surface area contributed by atoms with Crippen LogP contribution in [0.15, 0.2) is 0 Å². The SMILES string of the molecule is COC(=O)C(Br)NC(=O)OC(C)(C)C. The van der Waals surface area contributed by atoms with Crippen LogP contribution in [0, 0.1) is 0 Å². The molecule has 1 N–H and O–H groups in total. The average molecular weight is 268 g/mol. The zero-order valence-electron chi connectivity index (χ0n) is 8.59. The predicted molar refractivity (Wildman–Crippen MR) is 54.1 cm³/mol. The third-order valence-corrected chi connectivity index (χ3v) is 1.65. The number of rotatable bonds is 2. The third-order valence-electron chi connectivity index (χ3n) is 1.05. The Bertz CT molecular complexity index is 224. The first-order chi connectivity index (χ1) is 6.26. The van der Waals surface area contributed by atoms with E-state index in [4.69, 9.17) is 4.74 Å². The maximum atomic E-state index is 11.1. The zero-order chi connectivity index (χ0) is 11.4.